The van der Waals surface area contributed by atoms with Gasteiger partial charge in [0.15, 0.2) is 0 Å². The van der Waals surface area contributed by atoms with Crippen LogP contribution < -0.4 is 4.31 Å². The summed E-state index contributed by atoms with van der Waals surface area (Å²) in [5.74, 6) is -0.463. The van der Waals surface area contributed by atoms with E-state index in [1.54, 1.807) is 24.3 Å². The van der Waals surface area contributed by atoms with E-state index in [1.807, 2.05) is 12.1 Å². The first kappa shape index (κ1) is 19.0. The van der Waals surface area contributed by atoms with Crippen molar-refractivity contribution in [2.45, 2.75) is 31.1 Å². The summed E-state index contributed by atoms with van der Waals surface area (Å²) < 4.78 is 31.4. The first-order chi connectivity index (χ1) is 11.6. The molecule has 0 aliphatic heterocycles. The molecule has 2 aromatic rings. The van der Waals surface area contributed by atoms with Crippen LogP contribution in [0.25, 0.3) is 0 Å². The van der Waals surface area contributed by atoms with E-state index in [-0.39, 0.29) is 10.3 Å². The van der Waals surface area contributed by atoms with Gasteiger partial charge in [0.1, 0.15) is 0 Å². The van der Waals surface area contributed by atoms with Gasteiger partial charge in [0, 0.05) is 7.05 Å². The fourth-order valence-corrected chi connectivity index (χ4v) is 3.54. The van der Waals surface area contributed by atoms with E-state index >= 15 is 0 Å². The predicted octanol–water partition coefficient (Wildman–Crippen LogP) is 3.60. The van der Waals surface area contributed by atoms with Crippen LogP contribution >= 0.6 is 0 Å². The Kier molecular flexibility index (Phi) is 5.23. The zero-order valence-electron chi connectivity index (χ0n) is 15.1. The first-order valence-electron chi connectivity index (χ1n) is 7.85. The van der Waals surface area contributed by atoms with Crippen molar-refractivity contribution in [3.05, 3.63) is 59.7 Å². The minimum Gasteiger partial charge on any atom is -0.465 e. The fourth-order valence-electron chi connectivity index (χ4n) is 2.35. The number of rotatable bonds is 4. The maximum Gasteiger partial charge on any atom is 0.337 e. The summed E-state index contributed by atoms with van der Waals surface area (Å²) in [6, 6.07) is 13.1. The number of hydrogen-bond donors (Lipinski definition) is 0. The Balaban J connectivity index is 2.31. The van der Waals surface area contributed by atoms with Gasteiger partial charge in [-0.05, 0) is 47.4 Å². The summed E-state index contributed by atoms with van der Waals surface area (Å²) in [6.45, 7) is 6.22. The molecule has 0 aliphatic carbocycles. The predicted molar refractivity (Wildman–Crippen MR) is 98.5 cm³/mol. The van der Waals surface area contributed by atoms with E-state index in [0.717, 1.165) is 5.56 Å². The van der Waals surface area contributed by atoms with Gasteiger partial charge in [-0.15, -0.1) is 0 Å². The lowest BCUT2D eigenvalue weighted by molar-refractivity contribution is 0.0600. The topological polar surface area (TPSA) is 63.7 Å². The van der Waals surface area contributed by atoms with Crippen LogP contribution in [0.1, 0.15) is 36.7 Å². The molecule has 5 nitrogen and oxygen atoms in total. The molecule has 0 saturated heterocycles. The van der Waals surface area contributed by atoms with Gasteiger partial charge in [-0.3, -0.25) is 4.31 Å². The third kappa shape index (κ3) is 4.02. The monoisotopic (exact) mass is 361 g/mol. The van der Waals surface area contributed by atoms with Gasteiger partial charge >= 0.3 is 5.97 Å². The molecule has 0 aliphatic rings. The molecule has 0 unspecified atom stereocenters. The van der Waals surface area contributed by atoms with E-state index in [1.165, 1.54) is 30.6 Å². The van der Waals surface area contributed by atoms with Crippen molar-refractivity contribution < 1.29 is 17.9 Å². The number of ether oxygens (including phenoxy) is 1. The van der Waals surface area contributed by atoms with Crippen LogP contribution in [-0.2, 0) is 20.2 Å². The van der Waals surface area contributed by atoms with Gasteiger partial charge in [0.2, 0.25) is 0 Å². The van der Waals surface area contributed by atoms with Crippen LogP contribution in [0.3, 0.4) is 0 Å². The van der Waals surface area contributed by atoms with Crippen molar-refractivity contribution in [3.8, 4) is 0 Å². The van der Waals surface area contributed by atoms with Crippen molar-refractivity contribution in [2.75, 3.05) is 18.5 Å². The quantitative estimate of drug-likeness (QED) is 0.781. The van der Waals surface area contributed by atoms with Gasteiger partial charge < -0.3 is 4.74 Å². The Labute approximate surface area is 149 Å². The molecule has 2 rings (SSSR count). The molecule has 134 valence electrons. The van der Waals surface area contributed by atoms with Crippen LogP contribution in [0, 0.1) is 0 Å². The molecule has 0 saturated carbocycles. The second-order valence-corrected chi connectivity index (χ2v) is 8.75. The number of methoxy groups -OCH3 is 1. The lowest BCUT2D eigenvalue weighted by atomic mass is 9.87. The van der Waals surface area contributed by atoms with Gasteiger partial charge in [0.05, 0.1) is 23.3 Å². The number of carbonyl (C=O) groups is 1. The van der Waals surface area contributed by atoms with Crippen LogP contribution in [0.2, 0.25) is 0 Å². The van der Waals surface area contributed by atoms with Crippen molar-refractivity contribution in [1.82, 2.24) is 0 Å². The van der Waals surface area contributed by atoms with Crippen molar-refractivity contribution in [1.29, 1.82) is 0 Å². The van der Waals surface area contributed by atoms with E-state index in [0.29, 0.717) is 11.3 Å². The number of benzene rings is 2. The second kappa shape index (κ2) is 6.88. The van der Waals surface area contributed by atoms with E-state index < -0.39 is 16.0 Å². The maximum absolute atomic E-state index is 12.8. The number of hydrogen-bond acceptors (Lipinski definition) is 4. The molecule has 6 heteroatoms. The number of carbonyl (C=O) groups excluding carboxylic acids is 1. The lowest BCUT2D eigenvalue weighted by Crippen LogP contribution is -2.26. The highest BCUT2D eigenvalue weighted by Crippen LogP contribution is 2.26. The summed E-state index contributed by atoms with van der Waals surface area (Å²) in [7, 11) is -0.890. The van der Waals surface area contributed by atoms with Crippen molar-refractivity contribution in [2.24, 2.45) is 0 Å². The summed E-state index contributed by atoms with van der Waals surface area (Å²) >= 11 is 0. The molecule has 0 atom stereocenters. The lowest BCUT2D eigenvalue weighted by Gasteiger charge is -2.22. The van der Waals surface area contributed by atoms with E-state index in [9.17, 15) is 13.2 Å². The van der Waals surface area contributed by atoms with Crippen LogP contribution in [0.4, 0.5) is 5.69 Å². The third-order valence-electron chi connectivity index (χ3n) is 4.03. The molecule has 0 aromatic heterocycles. The fraction of sp³-hybridized carbons (Fsp3) is 0.316. The Hall–Kier alpha value is -2.34. The molecule has 2 aromatic carbocycles. The average Bonchev–Trinajstić information content (AvgIpc) is 2.60. The maximum atomic E-state index is 12.8. The van der Waals surface area contributed by atoms with Crippen LogP contribution in [-0.4, -0.2) is 28.5 Å². The minimum atomic E-state index is -3.68. The Bertz CT molecular complexity index is 848. The standard InChI is InChI=1S/C19H23NO4S/c1-19(2,3)15-8-12-17(13-9-15)25(22,23)20(4)16-10-6-14(7-11-16)18(21)24-5/h6-13H,1-5H3. The molecule has 0 fully saturated rings. The number of anilines is 1. The minimum absolute atomic E-state index is 0.0437. The number of nitrogens with zero attached hydrogens (tertiary/aromatic N) is 1. The molecule has 0 spiro atoms. The highest BCUT2D eigenvalue weighted by atomic mass is 32.2. The normalized spacial score (nSPS) is 11.9. The molecule has 0 bridgehead atoms. The van der Waals surface area contributed by atoms with Gasteiger partial charge in [-0.25, -0.2) is 13.2 Å². The molecule has 0 amide bonds. The first-order valence-corrected chi connectivity index (χ1v) is 9.29. The average molecular weight is 361 g/mol. The van der Waals surface area contributed by atoms with Crippen molar-refractivity contribution in [3.63, 3.8) is 0 Å². The van der Waals surface area contributed by atoms with E-state index in [2.05, 4.69) is 25.5 Å². The van der Waals surface area contributed by atoms with Gasteiger partial charge in [-0.2, -0.15) is 0 Å². The third-order valence-corrected chi connectivity index (χ3v) is 5.83. The van der Waals surface area contributed by atoms with Crippen molar-refractivity contribution >= 4 is 21.7 Å². The summed E-state index contributed by atoms with van der Waals surface area (Å²) in [5, 5.41) is 0. The zero-order valence-corrected chi connectivity index (χ0v) is 15.9. The smallest absolute Gasteiger partial charge is 0.337 e. The molecular weight excluding hydrogens is 338 g/mol. The van der Waals surface area contributed by atoms with Gasteiger partial charge in [0.25, 0.3) is 10.0 Å². The SMILES string of the molecule is COC(=O)c1ccc(N(C)S(=O)(=O)c2ccc(C(C)(C)C)cc2)cc1. The molecule has 0 heterocycles. The second-order valence-electron chi connectivity index (χ2n) is 6.79. The van der Waals surface area contributed by atoms with Crippen LogP contribution in [0.15, 0.2) is 53.4 Å². The highest BCUT2D eigenvalue weighted by Gasteiger charge is 2.22. The molecular formula is C19H23NO4S. The summed E-state index contributed by atoms with van der Waals surface area (Å²) in [6.07, 6.45) is 0. The van der Waals surface area contributed by atoms with Crippen LogP contribution in [0.5, 0.6) is 0 Å². The summed E-state index contributed by atoms with van der Waals surface area (Å²) in [4.78, 5) is 11.7. The Morgan fingerprint density at radius 2 is 1.48 bits per heavy atom. The zero-order chi connectivity index (χ0) is 18.8. The number of sulfonamides is 1. The number of esters is 1. The Morgan fingerprint density at radius 3 is 1.92 bits per heavy atom. The molecule has 25 heavy (non-hydrogen) atoms. The molecule has 0 N–H and O–H groups in total. The Morgan fingerprint density at radius 1 is 0.960 bits per heavy atom. The largest absolute Gasteiger partial charge is 0.465 e. The van der Waals surface area contributed by atoms with Gasteiger partial charge in [-0.1, -0.05) is 32.9 Å². The molecule has 0 radical (unpaired) electrons. The highest BCUT2D eigenvalue weighted by molar-refractivity contribution is 7.92. The summed E-state index contributed by atoms with van der Waals surface area (Å²) in [5.41, 5.74) is 1.86. The van der Waals surface area contributed by atoms with E-state index in [4.69, 9.17) is 0 Å².